The van der Waals surface area contributed by atoms with E-state index in [4.69, 9.17) is 0 Å². The predicted molar refractivity (Wildman–Crippen MR) is 126 cm³/mol. The third kappa shape index (κ3) is 3.28. The largest absolute Gasteiger partial charge is 0.235 e. The van der Waals surface area contributed by atoms with Crippen molar-refractivity contribution in [1.29, 1.82) is 0 Å². The number of rotatable bonds is 3. The molecular weight excluding hydrogens is 392 g/mol. The van der Waals surface area contributed by atoms with Crippen molar-refractivity contribution >= 4 is 32.9 Å². The fourth-order valence-corrected chi connectivity index (χ4v) is 6.24. The molecule has 0 saturated heterocycles. The summed E-state index contributed by atoms with van der Waals surface area (Å²) in [6.45, 7) is 6.45. The highest BCUT2D eigenvalue weighted by Gasteiger charge is 2.18. The van der Waals surface area contributed by atoms with E-state index in [9.17, 15) is 0 Å². The van der Waals surface area contributed by atoms with Crippen LogP contribution in [-0.4, -0.2) is 9.97 Å². The van der Waals surface area contributed by atoms with Crippen molar-refractivity contribution in [1.82, 2.24) is 9.97 Å². The normalized spacial score (nSPS) is 11.3. The van der Waals surface area contributed by atoms with Crippen LogP contribution in [0, 0.1) is 20.8 Å². The molecule has 3 heterocycles. The Labute approximate surface area is 178 Å². The lowest BCUT2D eigenvalue weighted by atomic mass is 10.0. The molecule has 0 atom stereocenters. The minimum Gasteiger partial charge on any atom is -0.235 e. The van der Waals surface area contributed by atoms with Gasteiger partial charge in [0.05, 0.1) is 20.8 Å². The molecule has 0 bridgehead atoms. The monoisotopic (exact) mass is 412 g/mol. The van der Waals surface area contributed by atoms with Crippen LogP contribution >= 0.6 is 22.7 Å². The lowest BCUT2D eigenvalue weighted by molar-refractivity contribution is 1.22. The molecule has 2 nitrogen and oxygen atoms in total. The first-order valence-electron chi connectivity index (χ1n) is 9.58. The summed E-state index contributed by atoms with van der Waals surface area (Å²) in [6.07, 6.45) is 1.70. The van der Waals surface area contributed by atoms with E-state index in [2.05, 4.69) is 91.4 Å². The summed E-state index contributed by atoms with van der Waals surface area (Å²) in [7, 11) is 0. The van der Waals surface area contributed by atoms with E-state index >= 15 is 0 Å². The Morgan fingerprint density at radius 1 is 0.690 bits per heavy atom. The van der Waals surface area contributed by atoms with Gasteiger partial charge >= 0.3 is 0 Å². The third-order valence-corrected chi connectivity index (χ3v) is 7.69. The van der Waals surface area contributed by atoms with Crippen LogP contribution in [0.4, 0.5) is 0 Å². The Balaban J connectivity index is 1.66. The average Bonchev–Trinajstić information content (AvgIpc) is 3.33. The molecule has 3 aromatic heterocycles. The topological polar surface area (TPSA) is 25.8 Å². The lowest BCUT2D eigenvalue weighted by Gasteiger charge is -2.05. The van der Waals surface area contributed by atoms with Gasteiger partial charge in [0.25, 0.3) is 0 Å². The number of benzene rings is 2. The van der Waals surface area contributed by atoms with Crippen LogP contribution in [0.3, 0.4) is 0 Å². The zero-order valence-corrected chi connectivity index (χ0v) is 18.2. The molecule has 142 valence electrons. The van der Waals surface area contributed by atoms with Crippen molar-refractivity contribution in [2.45, 2.75) is 20.8 Å². The quantitative estimate of drug-likeness (QED) is 0.304. The minimum atomic E-state index is 1.03. The van der Waals surface area contributed by atoms with E-state index in [-0.39, 0.29) is 0 Å². The Morgan fingerprint density at radius 3 is 2.17 bits per heavy atom. The van der Waals surface area contributed by atoms with Crippen LogP contribution in [0.1, 0.15) is 16.7 Å². The highest BCUT2D eigenvalue weighted by atomic mass is 32.1. The molecule has 0 fully saturated rings. The Morgan fingerprint density at radius 2 is 1.41 bits per heavy atom. The molecule has 5 aromatic rings. The van der Waals surface area contributed by atoms with Gasteiger partial charge in [-0.25, -0.2) is 9.97 Å². The van der Waals surface area contributed by atoms with Crippen molar-refractivity contribution in [2.24, 2.45) is 0 Å². The number of hydrogen-bond donors (Lipinski definition) is 0. The number of aryl methyl sites for hydroxylation is 3. The molecule has 4 heteroatoms. The van der Waals surface area contributed by atoms with E-state index in [0.29, 0.717) is 0 Å². The van der Waals surface area contributed by atoms with E-state index in [1.165, 1.54) is 47.1 Å². The van der Waals surface area contributed by atoms with Crippen molar-refractivity contribution in [3.8, 4) is 31.5 Å². The number of hydrogen-bond acceptors (Lipinski definition) is 4. The van der Waals surface area contributed by atoms with Gasteiger partial charge in [-0.2, -0.15) is 0 Å². The molecule has 0 spiro atoms. The van der Waals surface area contributed by atoms with Gasteiger partial charge in [-0.15, -0.1) is 22.7 Å². The van der Waals surface area contributed by atoms with Crippen LogP contribution in [0.5, 0.6) is 0 Å². The van der Waals surface area contributed by atoms with Gasteiger partial charge in [-0.3, -0.25) is 0 Å². The zero-order valence-electron chi connectivity index (χ0n) is 16.6. The van der Waals surface area contributed by atoms with Crippen LogP contribution in [0.2, 0.25) is 0 Å². The molecule has 29 heavy (non-hydrogen) atoms. The molecule has 2 aromatic carbocycles. The van der Waals surface area contributed by atoms with Crippen LogP contribution in [-0.2, 0) is 0 Å². The number of thiophene rings is 2. The van der Waals surface area contributed by atoms with E-state index in [0.717, 1.165) is 11.2 Å². The Hall–Kier alpha value is -2.82. The fourth-order valence-electron chi connectivity index (χ4n) is 3.79. The first-order valence-corrected chi connectivity index (χ1v) is 11.2. The molecule has 0 aliphatic carbocycles. The van der Waals surface area contributed by atoms with Crippen molar-refractivity contribution in [3.63, 3.8) is 0 Å². The van der Waals surface area contributed by atoms with Crippen LogP contribution in [0.15, 0.2) is 67.0 Å². The molecule has 0 unspecified atom stereocenters. The third-order valence-electron chi connectivity index (χ3n) is 5.09. The molecular formula is C25H20N2S2. The summed E-state index contributed by atoms with van der Waals surface area (Å²) in [5, 5.41) is 0. The van der Waals surface area contributed by atoms with Gasteiger partial charge in [-0.1, -0.05) is 47.5 Å². The maximum absolute atomic E-state index is 4.66. The SMILES string of the molecule is Cc1cc(C)cc(-c2ncnc3c(C)c(-c4ccc(-c5ccccc5)s4)sc23)c1. The standard InChI is InChI=1S/C25H20N2S2/c1-15-11-16(2)13-19(12-15)23-25-22(26-14-27-23)17(3)24(29-25)21-10-9-20(28-21)18-7-5-4-6-8-18/h4-14H,1-3H3. The summed E-state index contributed by atoms with van der Waals surface area (Å²) in [5.74, 6) is 0. The van der Waals surface area contributed by atoms with Crippen molar-refractivity contribution in [3.05, 3.63) is 83.7 Å². The van der Waals surface area contributed by atoms with Gasteiger partial charge in [0, 0.05) is 15.3 Å². The van der Waals surface area contributed by atoms with Crippen LogP contribution in [0.25, 0.3) is 41.7 Å². The van der Waals surface area contributed by atoms with E-state index in [1.54, 1.807) is 17.7 Å². The smallest absolute Gasteiger partial charge is 0.116 e. The number of aromatic nitrogens is 2. The summed E-state index contributed by atoms with van der Waals surface area (Å²) in [4.78, 5) is 13.2. The maximum Gasteiger partial charge on any atom is 0.116 e. The minimum absolute atomic E-state index is 1.03. The Bertz CT molecular complexity index is 1310. The zero-order chi connectivity index (χ0) is 20.0. The van der Waals surface area contributed by atoms with Gasteiger partial charge in [0.2, 0.25) is 0 Å². The average molecular weight is 413 g/mol. The van der Waals surface area contributed by atoms with Gasteiger partial charge in [-0.05, 0) is 56.2 Å². The fraction of sp³-hybridized carbons (Fsp3) is 0.120. The lowest BCUT2D eigenvalue weighted by Crippen LogP contribution is -1.88. The summed E-state index contributed by atoms with van der Waals surface area (Å²) in [6, 6.07) is 21.6. The maximum atomic E-state index is 4.66. The second-order valence-corrected chi connectivity index (χ2v) is 9.47. The van der Waals surface area contributed by atoms with E-state index in [1.807, 2.05) is 11.3 Å². The molecule has 0 aliphatic rings. The van der Waals surface area contributed by atoms with Crippen molar-refractivity contribution in [2.75, 3.05) is 0 Å². The second kappa shape index (κ2) is 7.21. The first kappa shape index (κ1) is 18.2. The summed E-state index contributed by atoms with van der Waals surface area (Å²) >= 11 is 3.64. The molecule has 5 rings (SSSR count). The molecule has 0 amide bonds. The molecule has 0 aliphatic heterocycles. The van der Waals surface area contributed by atoms with Gasteiger partial charge in [0.1, 0.15) is 6.33 Å². The van der Waals surface area contributed by atoms with Crippen molar-refractivity contribution < 1.29 is 0 Å². The Kier molecular flexibility index (Phi) is 4.53. The molecule has 0 N–H and O–H groups in total. The first-order chi connectivity index (χ1) is 14.1. The molecule has 0 saturated carbocycles. The van der Waals surface area contributed by atoms with E-state index < -0.39 is 0 Å². The van der Waals surface area contributed by atoms with Crippen LogP contribution < -0.4 is 0 Å². The molecule has 0 radical (unpaired) electrons. The highest BCUT2D eigenvalue weighted by Crippen LogP contribution is 2.44. The second-order valence-electron chi connectivity index (χ2n) is 7.36. The van der Waals surface area contributed by atoms with Gasteiger partial charge < -0.3 is 0 Å². The summed E-state index contributed by atoms with van der Waals surface area (Å²) in [5.41, 5.74) is 8.26. The van der Waals surface area contributed by atoms with Gasteiger partial charge in [0.15, 0.2) is 0 Å². The predicted octanol–water partition coefficient (Wildman–Crippen LogP) is 7.68. The highest BCUT2D eigenvalue weighted by molar-refractivity contribution is 7.27. The number of nitrogens with zero attached hydrogens (tertiary/aromatic N) is 2. The number of fused-ring (bicyclic) bond motifs is 1. The summed E-state index contributed by atoms with van der Waals surface area (Å²) < 4.78 is 1.17.